The van der Waals surface area contributed by atoms with E-state index in [1.54, 1.807) is 13.8 Å². The van der Waals surface area contributed by atoms with Crippen molar-refractivity contribution < 1.29 is 39.2 Å². The Kier molecular flexibility index (Phi) is 10.3. The van der Waals surface area contributed by atoms with Gasteiger partial charge in [-0.1, -0.05) is 37.3 Å². The number of aliphatic hydroxyl groups excluding tert-OH is 1. The number of likely N-dealkylation sites (tertiary alicyclic amines) is 1. The van der Waals surface area contributed by atoms with Crippen LogP contribution in [0.4, 0.5) is 4.79 Å². The lowest BCUT2D eigenvalue weighted by molar-refractivity contribution is -0.143. The highest BCUT2D eigenvalue weighted by atomic mass is 16.5. The van der Waals surface area contributed by atoms with Gasteiger partial charge in [0.1, 0.15) is 17.7 Å². The van der Waals surface area contributed by atoms with Gasteiger partial charge in [-0.25, -0.2) is 9.48 Å². The van der Waals surface area contributed by atoms with Crippen molar-refractivity contribution in [2.75, 3.05) is 19.8 Å². The molecule has 5 atom stereocenters. The van der Waals surface area contributed by atoms with Gasteiger partial charge in [0.15, 0.2) is 6.10 Å². The van der Waals surface area contributed by atoms with Gasteiger partial charge in [-0.3, -0.25) is 14.4 Å². The lowest BCUT2D eigenvalue weighted by Gasteiger charge is -2.38. The number of carbonyl (C=O) groups is 4. The lowest BCUT2D eigenvalue weighted by Crippen LogP contribution is -2.64. The molecule has 2 aliphatic heterocycles. The summed E-state index contributed by atoms with van der Waals surface area (Å²) in [6.45, 7) is 3.71. The van der Waals surface area contributed by atoms with Gasteiger partial charge in [0.05, 0.1) is 23.5 Å². The summed E-state index contributed by atoms with van der Waals surface area (Å²) in [7, 11) is 0. The molecule has 4 amide bonds. The molecular weight excluding hydrogens is 562 g/mol. The zero-order valence-electron chi connectivity index (χ0n) is 24.9. The second-order valence-electron chi connectivity index (χ2n) is 12.7. The third kappa shape index (κ3) is 7.62. The number of nitrogens with one attached hydrogen (secondary N) is 2. The maximum absolute atomic E-state index is 14.1. The Hall–Kier alpha value is -3.30. The number of aliphatic hydroxyl groups is 2. The number of hydrogen-bond donors (Lipinski definition) is 6. The van der Waals surface area contributed by atoms with Gasteiger partial charge >= 0.3 is 6.09 Å². The predicted octanol–water partition coefficient (Wildman–Crippen LogP) is 0.156. The van der Waals surface area contributed by atoms with E-state index in [4.69, 9.17) is 10.5 Å². The molecule has 0 radical (unpaired) electrons. The van der Waals surface area contributed by atoms with Crippen LogP contribution in [0.3, 0.4) is 0 Å². The third-order valence-electron chi connectivity index (χ3n) is 9.07. The SMILES string of the molecule is CC(C)(O)c1cnnn1[C@H]1C[C@@H](C(=O)NC2(C(O)C(N)=O)CCCOCC2)N(C(=O)C(CC2CCCCC2)NC(=O)O)C1. The van der Waals surface area contributed by atoms with Crippen molar-refractivity contribution in [1.82, 2.24) is 30.5 Å². The normalized spacial score (nSPS) is 26.7. The van der Waals surface area contributed by atoms with Crippen molar-refractivity contribution in [3.8, 4) is 0 Å². The van der Waals surface area contributed by atoms with Crippen LogP contribution in [0.5, 0.6) is 0 Å². The Morgan fingerprint density at radius 3 is 2.53 bits per heavy atom. The van der Waals surface area contributed by atoms with Crippen molar-refractivity contribution >= 4 is 23.8 Å². The predicted molar refractivity (Wildman–Crippen MR) is 151 cm³/mol. The van der Waals surface area contributed by atoms with Crippen LogP contribution >= 0.6 is 0 Å². The first-order valence-electron chi connectivity index (χ1n) is 15.1. The third-order valence-corrected chi connectivity index (χ3v) is 9.07. The van der Waals surface area contributed by atoms with Crippen molar-refractivity contribution in [3.05, 3.63) is 11.9 Å². The minimum absolute atomic E-state index is 0.000307. The van der Waals surface area contributed by atoms with Crippen molar-refractivity contribution in [1.29, 1.82) is 0 Å². The molecule has 3 fully saturated rings. The monoisotopic (exact) mass is 607 g/mol. The van der Waals surface area contributed by atoms with Crippen LogP contribution in [0.25, 0.3) is 0 Å². The van der Waals surface area contributed by atoms with Crippen molar-refractivity contribution in [2.24, 2.45) is 11.7 Å². The Morgan fingerprint density at radius 1 is 1.16 bits per heavy atom. The number of nitrogens with two attached hydrogens (primary N) is 1. The first kappa shape index (κ1) is 32.6. The summed E-state index contributed by atoms with van der Waals surface area (Å²) in [5.41, 5.74) is 3.14. The Balaban J connectivity index is 1.67. The van der Waals surface area contributed by atoms with E-state index >= 15 is 0 Å². The second kappa shape index (κ2) is 13.6. The molecule has 43 heavy (non-hydrogen) atoms. The molecule has 4 rings (SSSR count). The van der Waals surface area contributed by atoms with E-state index in [1.807, 2.05) is 0 Å². The average Bonchev–Trinajstić information content (AvgIpc) is 3.56. The minimum atomic E-state index is -1.69. The van der Waals surface area contributed by atoms with Gasteiger partial charge in [-0.05, 0) is 45.4 Å². The molecule has 1 aliphatic carbocycles. The van der Waals surface area contributed by atoms with E-state index in [0.29, 0.717) is 25.1 Å². The van der Waals surface area contributed by atoms with Crippen LogP contribution in [0.15, 0.2) is 6.20 Å². The summed E-state index contributed by atoms with van der Waals surface area (Å²) < 4.78 is 7.00. The highest BCUT2D eigenvalue weighted by Gasteiger charge is 2.49. The molecule has 2 saturated heterocycles. The van der Waals surface area contributed by atoms with Crippen LogP contribution in [0, 0.1) is 5.92 Å². The molecule has 1 aromatic heterocycles. The standard InChI is InChI=1S/C28H45N7O8/c1-27(2,42)21-15-30-33-35(21)18-14-20(24(38)32-28(22(36)23(29)37)9-6-11-43-12-10-28)34(16-18)25(39)19(31-26(40)41)13-17-7-4-3-5-8-17/h15,17-20,22,31,36,42H,3-14,16H2,1-2H3,(H2,29,37)(H,32,38)(H,40,41)/t18-,19?,20-,22?,28?/m0/s1. The van der Waals surface area contributed by atoms with E-state index in [0.717, 1.165) is 32.1 Å². The maximum atomic E-state index is 14.1. The number of hydrogen-bond acceptors (Lipinski definition) is 9. The van der Waals surface area contributed by atoms with E-state index in [1.165, 1.54) is 15.8 Å². The molecular formula is C28H45N7O8. The van der Waals surface area contributed by atoms with Gasteiger partial charge in [-0.15, -0.1) is 5.10 Å². The number of carbonyl (C=O) groups excluding carboxylic acids is 3. The number of carboxylic acid groups (broad SMARTS) is 1. The number of nitrogens with zero attached hydrogens (tertiary/aromatic N) is 4. The Labute approximate surface area is 250 Å². The summed E-state index contributed by atoms with van der Waals surface area (Å²) in [4.78, 5) is 53.4. The molecule has 0 spiro atoms. The van der Waals surface area contributed by atoms with Crippen LogP contribution in [-0.2, 0) is 24.7 Å². The molecule has 3 unspecified atom stereocenters. The molecule has 15 heteroatoms. The quantitative estimate of drug-likeness (QED) is 0.211. The van der Waals surface area contributed by atoms with E-state index < -0.39 is 59.2 Å². The zero-order valence-corrected chi connectivity index (χ0v) is 24.9. The lowest BCUT2D eigenvalue weighted by atomic mass is 9.83. The van der Waals surface area contributed by atoms with Gasteiger partial charge in [0, 0.05) is 26.2 Å². The van der Waals surface area contributed by atoms with Gasteiger partial charge in [-0.2, -0.15) is 0 Å². The molecule has 7 N–H and O–H groups in total. The molecule has 0 aromatic carbocycles. The van der Waals surface area contributed by atoms with Crippen LogP contribution in [-0.4, -0.2) is 103 Å². The molecule has 3 heterocycles. The summed E-state index contributed by atoms with van der Waals surface area (Å²) in [6, 6.07) is -2.74. The van der Waals surface area contributed by atoms with Crippen molar-refractivity contribution in [2.45, 2.75) is 113 Å². The number of primary amides is 1. The average molecular weight is 608 g/mol. The maximum Gasteiger partial charge on any atom is 0.405 e. The van der Waals surface area contributed by atoms with E-state index in [2.05, 4.69) is 20.9 Å². The van der Waals surface area contributed by atoms with Gasteiger partial charge < -0.3 is 41.3 Å². The Morgan fingerprint density at radius 2 is 1.88 bits per heavy atom. The highest BCUT2D eigenvalue weighted by molar-refractivity contribution is 5.92. The van der Waals surface area contributed by atoms with Crippen LogP contribution < -0.4 is 16.4 Å². The van der Waals surface area contributed by atoms with Gasteiger partial charge in [0.25, 0.3) is 0 Å². The van der Waals surface area contributed by atoms with Gasteiger partial charge in [0.2, 0.25) is 17.7 Å². The number of aromatic nitrogens is 3. The first-order chi connectivity index (χ1) is 20.3. The summed E-state index contributed by atoms with van der Waals surface area (Å²) in [6.07, 6.45) is 4.48. The molecule has 3 aliphatic rings. The fraction of sp³-hybridized carbons (Fsp3) is 0.786. The number of amides is 4. The fourth-order valence-electron chi connectivity index (χ4n) is 6.80. The first-order valence-corrected chi connectivity index (χ1v) is 15.1. The smallest absolute Gasteiger partial charge is 0.405 e. The zero-order chi connectivity index (χ0) is 31.4. The summed E-state index contributed by atoms with van der Waals surface area (Å²) >= 11 is 0. The largest absolute Gasteiger partial charge is 0.465 e. The molecule has 15 nitrogen and oxygen atoms in total. The van der Waals surface area contributed by atoms with Crippen LogP contribution in [0.1, 0.15) is 89.8 Å². The van der Waals surface area contributed by atoms with Crippen LogP contribution in [0.2, 0.25) is 0 Å². The minimum Gasteiger partial charge on any atom is -0.465 e. The molecule has 0 bridgehead atoms. The molecule has 240 valence electrons. The topological polar surface area (TPSA) is 222 Å². The highest BCUT2D eigenvalue weighted by Crippen LogP contribution is 2.34. The van der Waals surface area contributed by atoms with Crippen molar-refractivity contribution in [3.63, 3.8) is 0 Å². The summed E-state index contributed by atoms with van der Waals surface area (Å²) in [5.74, 6) is -1.99. The fourth-order valence-corrected chi connectivity index (χ4v) is 6.80. The number of ether oxygens (including phenoxy) is 1. The molecule has 1 aromatic rings. The molecule has 1 saturated carbocycles. The van der Waals surface area contributed by atoms with E-state index in [9.17, 15) is 34.5 Å². The summed E-state index contributed by atoms with van der Waals surface area (Å²) in [5, 5.41) is 44.5. The second-order valence-corrected chi connectivity index (χ2v) is 12.7. The number of rotatable bonds is 10. The van der Waals surface area contributed by atoms with E-state index in [-0.39, 0.29) is 38.3 Å². The Bertz CT molecular complexity index is 1150.